The van der Waals surface area contributed by atoms with Crippen molar-refractivity contribution in [3.63, 3.8) is 0 Å². The van der Waals surface area contributed by atoms with Gasteiger partial charge in [-0.2, -0.15) is 4.98 Å². The van der Waals surface area contributed by atoms with E-state index < -0.39 is 0 Å². The molecule has 4 aromatic heterocycles. The van der Waals surface area contributed by atoms with Gasteiger partial charge in [-0.25, -0.2) is 4.98 Å². The van der Waals surface area contributed by atoms with Gasteiger partial charge in [-0.15, -0.1) is 0 Å². The predicted molar refractivity (Wildman–Crippen MR) is 110 cm³/mol. The van der Waals surface area contributed by atoms with E-state index in [0.29, 0.717) is 22.5 Å². The van der Waals surface area contributed by atoms with Crippen molar-refractivity contribution >= 4 is 32.7 Å². The number of aromatic nitrogens is 3. The molecule has 5 rings (SSSR count). The normalized spacial score (nSPS) is 12.5. The zero-order valence-electron chi connectivity index (χ0n) is 15.2. The Bertz CT molecular complexity index is 1210. The van der Waals surface area contributed by atoms with E-state index in [2.05, 4.69) is 34.0 Å². The molecule has 0 fully saturated rings. The van der Waals surface area contributed by atoms with Gasteiger partial charge in [-0.1, -0.05) is 24.3 Å². The molecule has 0 saturated heterocycles. The predicted octanol–water partition coefficient (Wildman–Crippen LogP) is 5.97. The average Bonchev–Trinajstić information content (AvgIpc) is 3.31. The fraction of sp³-hybridized carbons (Fsp3) is 0.136. The van der Waals surface area contributed by atoms with Gasteiger partial charge in [0.05, 0.1) is 11.0 Å². The van der Waals surface area contributed by atoms with Crippen molar-refractivity contribution in [2.75, 3.05) is 0 Å². The van der Waals surface area contributed by atoms with Crippen molar-refractivity contribution in [3.8, 4) is 10.9 Å². The first-order valence-electron chi connectivity index (χ1n) is 9.06. The Morgan fingerprint density at radius 3 is 2.93 bits per heavy atom. The van der Waals surface area contributed by atoms with E-state index in [1.54, 1.807) is 12.4 Å². The van der Waals surface area contributed by atoms with E-state index in [0.717, 1.165) is 22.1 Å². The quantitative estimate of drug-likeness (QED) is 0.372. The van der Waals surface area contributed by atoms with Crippen molar-refractivity contribution in [1.82, 2.24) is 15.0 Å². The first-order chi connectivity index (χ1) is 13.8. The van der Waals surface area contributed by atoms with Gasteiger partial charge in [0, 0.05) is 35.6 Å². The first kappa shape index (κ1) is 16.9. The maximum atomic E-state index is 5.94. The van der Waals surface area contributed by atoms with Crippen LogP contribution in [0.5, 0.6) is 10.9 Å². The van der Waals surface area contributed by atoms with E-state index in [1.807, 2.05) is 42.8 Å². The molecule has 5 nitrogen and oxygen atoms in total. The number of rotatable bonds is 5. The molecule has 0 aliphatic rings. The lowest BCUT2D eigenvalue weighted by atomic mass is 9.94. The van der Waals surface area contributed by atoms with Crippen LogP contribution in [0.2, 0.25) is 0 Å². The van der Waals surface area contributed by atoms with E-state index in [4.69, 9.17) is 9.15 Å². The molecule has 0 spiro atoms. The van der Waals surface area contributed by atoms with Crippen molar-refractivity contribution < 1.29 is 9.15 Å². The number of ether oxygens (including phenoxy) is 1. The second-order valence-corrected chi connectivity index (χ2v) is 7.72. The van der Waals surface area contributed by atoms with Gasteiger partial charge in [-0.3, -0.25) is 4.98 Å². The van der Waals surface area contributed by atoms with Gasteiger partial charge in [0.2, 0.25) is 0 Å². The van der Waals surface area contributed by atoms with Gasteiger partial charge < -0.3 is 9.15 Å². The standard InChI is InChI=1S/C22H17N3O2S/c1-14(10-15-4-2-8-23-12-15)18-13-26-19-11-16(6-7-17(18)19)27-22-25-21-20(28-22)5-3-9-24-21/h2-9,11-14H,10H2,1H3. The molecule has 5 aromatic rings. The number of fused-ring (bicyclic) bond motifs is 2. The molecule has 0 amide bonds. The summed E-state index contributed by atoms with van der Waals surface area (Å²) < 4.78 is 12.8. The van der Waals surface area contributed by atoms with Crippen molar-refractivity contribution in [1.29, 1.82) is 0 Å². The lowest BCUT2D eigenvalue weighted by molar-refractivity contribution is 0.479. The Morgan fingerprint density at radius 2 is 2.07 bits per heavy atom. The van der Waals surface area contributed by atoms with Gasteiger partial charge in [0.1, 0.15) is 11.3 Å². The molecule has 0 bridgehead atoms. The van der Waals surface area contributed by atoms with Crippen LogP contribution in [0.25, 0.3) is 21.3 Å². The van der Waals surface area contributed by atoms with Crippen LogP contribution in [-0.4, -0.2) is 15.0 Å². The molecule has 138 valence electrons. The van der Waals surface area contributed by atoms with Crippen molar-refractivity contribution in [2.45, 2.75) is 19.3 Å². The molecule has 28 heavy (non-hydrogen) atoms. The molecule has 0 saturated carbocycles. The number of hydrogen-bond acceptors (Lipinski definition) is 6. The van der Waals surface area contributed by atoms with Gasteiger partial charge in [0.25, 0.3) is 5.19 Å². The molecule has 0 aliphatic heterocycles. The molecule has 0 radical (unpaired) electrons. The third-order valence-electron chi connectivity index (χ3n) is 4.72. The zero-order valence-corrected chi connectivity index (χ0v) is 16.0. The second-order valence-electron chi connectivity index (χ2n) is 6.72. The van der Waals surface area contributed by atoms with Crippen LogP contribution < -0.4 is 4.74 Å². The highest BCUT2D eigenvalue weighted by Gasteiger charge is 2.15. The maximum Gasteiger partial charge on any atom is 0.281 e. The monoisotopic (exact) mass is 387 g/mol. The van der Waals surface area contributed by atoms with Crippen LogP contribution in [0.4, 0.5) is 0 Å². The maximum absolute atomic E-state index is 5.94. The second kappa shape index (κ2) is 7.05. The Kier molecular flexibility index (Phi) is 4.25. The summed E-state index contributed by atoms with van der Waals surface area (Å²) in [6, 6.07) is 13.9. The molecular weight excluding hydrogens is 370 g/mol. The van der Waals surface area contributed by atoms with Crippen LogP contribution in [0.3, 0.4) is 0 Å². The summed E-state index contributed by atoms with van der Waals surface area (Å²) in [6.07, 6.45) is 8.20. The molecule has 1 aromatic carbocycles. The highest BCUT2D eigenvalue weighted by molar-refractivity contribution is 7.20. The number of pyridine rings is 2. The van der Waals surface area contributed by atoms with E-state index >= 15 is 0 Å². The third-order valence-corrected chi connectivity index (χ3v) is 5.61. The summed E-state index contributed by atoms with van der Waals surface area (Å²) in [5.74, 6) is 1.03. The highest BCUT2D eigenvalue weighted by atomic mass is 32.1. The van der Waals surface area contributed by atoms with E-state index in [1.165, 1.54) is 22.5 Å². The number of hydrogen-bond donors (Lipinski definition) is 0. The fourth-order valence-corrected chi connectivity index (χ4v) is 4.14. The van der Waals surface area contributed by atoms with Crippen LogP contribution in [-0.2, 0) is 6.42 Å². The largest absolute Gasteiger partial charge is 0.464 e. The van der Waals surface area contributed by atoms with Gasteiger partial charge in [0.15, 0.2) is 5.65 Å². The highest BCUT2D eigenvalue weighted by Crippen LogP contribution is 2.35. The molecule has 6 heteroatoms. The SMILES string of the molecule is CC(Cc1cccnc1)c1coc2cc(Oc3nc4ncccc4s3)ccc12. The first-order valence-corrected chi connectivity index (χ1v) is 9.87. The Morgan fingerprint density at radius 1 is 1.14 bits per heavy atom. The minimum absolute atomic E-state index is 0.326. The Balaban J connectivity index is 1.39. The number of thiazole rings is 1. The summed E-state index contributed by atoms with van der Waals surface area (Å²) in [4.78, 5) is 12.9. The molecule has 0 N–H and O–H groups in total. The van der Waals surface area contributed by atoms with Crippen molar-refractivity contribution in [3.05, 3.63) is 78.4 Å². The summed E-state index contributed by atoms with van der Waals surface area (Å²) >= 11 is 1.48. The molecule has 4 heterocycles. The van der Waals surface area contributed by atoms with Gasteiger partial charge in [-0.05, 0) is 48.2 Å². The smallest absolute Gasteiger partial charge is 0.281 e. The molecule has 1 atom stereocenters. The zero-order chi connectivity index (χ0) is 18.9. The van der Waals surface area contributed by atoms with Crippen LogP contribution >= 0.6 is 11.3 Å². The minimum atomic E-state index is 0.326. The topological polar surface area (TPSA) is 61.0 Å². The lowest BCUT2D eigenvalue weighted by Gasteiger charge is -2.10. The summed E-state index contributed by atoms with van der Waals surface area (Å²) in [5, 5.41) is 1.68. The summed E-state index contributed by atoms with van der Waals surface area (Å²) in [7, 11) is 0. The Labute approximate surface area is 165 Å². The van der Waals surface area contributed by atoms with Crippen LogP contribution in [0, 0.1) is 0 Å². The Hall–Kier alpha value is -3.25. The van der Waals surface area contributed by atoms with Gasteiger partial charge >= 0.3 is 0 Å². The molecular formula is C22H17N3O2S. The molecule has 1 unspecified atom stereocenters. The number of furan rings is 1. The van der Waals surface area contributed by atoms with E-state index in [9.17, 15) is 0 Å². The average molecular weight is 387 g/mol. The molecule has 0 aliphatic carbocycles. The summed E-state index contributed by atoms with van der Waals surface area (Å²) in [5.41, 5.74) is 3.92. The van der Waals surface area contributed by atoms with Crippen LogP contribution in [0.1, 0.15) is 24.0 Å². The number of nitrogens with zero attached hydrogens (tertiary/aromatic N) is 3. The minimum Gasteiger partial charge on any atom is -0.464 e. The fourth-order valence-electron chi connectivity index (χ4n) is 3.35. The third kappa shape index (κ3) is 3.23. The van der Waals surface area contributed by atoms with E-state index in [-0.39, 0.29) is 0 Å². The van der Waals surface area contributed by atoms with Crippen LogP contribution in [0.15, 0.2) is 71.7 Å². The number of benzene rings is 1. The lowest BCUT2D eigenvalue weighted by Crippen LogP contribution is -1.97. The summed E-state index contributed by atoms with van der Waals surface area (Å²) in [6.45, 7) is 2.20. The van der Waals surface area contributed by atoms with Crippen molar-refractivity contribution in [2.24, 2.45) is 0 Å².